The molecule has 1 N–H and O–H groups in total. The molecule has 0 atom stereocenters. The molecule has 0 saturated carbocycles. The summed E-state index contributed by atoms with van der Waals surface area (Å²) in [5.74, 6) is 0.565. The number of benzene rings is 1. The van der Waals surface area contributed by atoms with Crippen LogP contribution in [0, 0.1) is 5.92 Å². The average molecular weight is 312 g/mol. The summed E-state index contributed by atoms with van der Waals surface area (Å²) in [4.78, 5) is 14.0. The number of aromatic hydroxyl groups is 1. The van der Waals surface area contributed by atoms with Crippen LogP contribution in [0.5, 0.6) is 5.75 Å². The Morgan fingerprint density at radius 1 is 1.17 bits per heavy atom. The largest absolute Gasteiger partial charge is 0.503 e. The summed E-state index contributed by atoms with van der Waals surface area (Å²) < 4.78 is 1.84. The van der Waals surface area contributed by atoms with E-state index in [9.17, 15) is 9.90 Å². The molecule has 0 aliphatic carbocycles. The molecule has 4 nitrogen and oxygen atoms in total. The molecule has 2 aromatic rings. The zero-order valence-corrected chi connectivity index (χ0v) is 13.6. The molecular weight excluding hydrogens is 288 g/mol. The van der Waals surface area contributed by atoms with Gasteiger partial charge in [0.05, 0.1) is 0 Å². The van der Waals surface area contributed by atoms with E-state index >= 15 is 0 Å². The monoisotopic (exact) mass is 312 g/mol. The van der Waals surface area contributed by atoms with Crippen LogP contribution in [0.4, 0.5) is 0 Å². The first kappa shape index (κ1) is 15.8. The molecule has 0 amide bonds. The summed E-state index contributed by atoms with van der Waals surface area (Å²) in [6, 6.07) is 12.2. The van der Waals surface area contributed by atoms with E-state index in [1.165, 1.54) is 24.6 Å². The molecule has 1 saturated heterocycles. The number of hydrogen-bond donors (Lipinski definition) is 1. The van der Waals surface area contributed by atoms with E-state index in [0.29, 0.717) is 0 Å². The molecule has 0 spiro atoms. The van der Waals surface area contributed by atoms with E-state index in [1.807, 2.05) is 11.6 Å². The quantitative estimate of drug-likeness (QED) is 0.943. The normalized spacial score (nSPS) is 16.6. The lowest BCUT2D eigenvalue weighted by atomic mass is 9.90. The van der Waals surface area contributed by atoms with Crippen molar-refractivity contribution in [3.05, 3.63) is 64.1 Å². The summed E-state index contributed by atoms with van der Waals surface area (Å²) in [5, 5.41) is 9.46. The Bertz CT molecular complexity index is 701. The summed E-state index contributed by atoms with van der Waals surface area (Å²) >= 11 is 0. The lowest BCUT2D eigenvalue weighted by Gasteiger charge is -2.32. The molecule has 3 rings (SSSR count). The molecule has 1 aliphatic rings. The second-order valence-electron chi connectivity index (χ2n) is 6.53. The third kappa shape index (κ3) is 4.02. The van der Waals surface area contributed by atoms with Gasteiger partial charge in [0.1, 0.15) is 0 Å². The molecule has 23 heavy (non-hydrogen) atoms. The zero-order chi connectivity index (χ0) is 16.2. The predicted octanol–water partition coefficient (Wildman–Crippen LogP) is 2.55. The van der Waals surface area contributed by atoms with Crippen LogP contribution in [0.1, 0.15) is 24.1 Å². The van der Waals surface area contributed by atoms with Crippen LogP contribution in [-0.2, 0) is 20.0 Å². The van der Waals surface area contributed by atoms with Crippen LogP contribution in [0.2, 0.25) is 0 Å². The fourth-order valence-corrected chi connectivity index (χ4v) is 3.34. The molecule has 0 unspecified atom stereocenters. The number of aromatic nitrogens is 1. The maximum Gasteiger partial charge on any atom is 0.223 e. The van der Waals surface area contributed by atoms with Crippen molar-refractivity contribution in [3.63, 3.8) is 0 Å². The molecule has 1 aliphatic heterocycles. The van der Waals surface area contributed by atoms with Crippen LogP contribution in [-0.4, -0.2) is 27.7 Å². The third-order valence-corrected chi connectivity index (χ3v) is 4.78. The average Bonchev–Trinajstić information content (AvgIpc) is 2.55. The van der Waals surface area contributed by atoms with Crippen molar-refractivity contribution in [1.29, 1.82) is 0 Å². The highest BCUT2D eigenvalue weighted by atomic mass is 16.3. The highest BCUT2D eigenvalue weighted by Gasteiger charge is 2.20. The minimum absolute atomic E-state index is 0.183. The van der Waals surface area contributed by atoms with Crippen LogP contribution >= 0.6 is 0 Å². The SMILES string of the molecule is Cn1cc(O)c(=O)cc1CN1CCC(Cc2ccccc2)CC1. The summed E-state index contributed by atoms with van der Waals surface area (Å²) in [7, 11) is 1.87. The highest BCUT2D eigenvalue weighted by molar-refractivity contribution is 5.20. The third-order valence-electron chi connectivity index (χ3n) is 4.78. The fraction of sp³-hybridized carbons (Fsp3) is 0.421. The first-order valence-corrected chi connectivity index (χ1v) is 8.26. The molecule has 0 bridgehead atoms. The van der Waals surface area contributed by atoms with Crippen molar-refractivity contribution in [2.45, 2.75) is 25.8 Å². The number of rotatable bonds is 4. The fourth-order valence-electron chi connectivity index (χ4n) is 3.34. The van der Waals surface area contributed by atoms with Crippen molar-refractivity contribution < 1.29 is 5.11 Å². The number of piperidine rings is 1. The van der Waals surface area contributed by atoms with Gasteiger partial charge in [-0.15, -0.1) is 0 Å². The molecule has 2 heterocycles. The van der Waals surface area contributed by atoms with Crippen molar-refractivity contribution >= 4 is 0 Å². The van der Waals surface area contributed by atoms with E-state index in [0.717, 1.165) is 37.7 Å². The highest BCUT2D eigenvalue weighted by Crippen LogP contribution is 2.22. The van der Waals surface area contributed by atoms with Crippen LogP contribution in [0.15, 0.2) is 47.4 Å². The first-order valence-electron chi connectivity index (χ1n) is 8.26. The smallest absolute Gasteiger partial charge is 0.223 e. The van der Waals surface area contributed by atoms with E-state index in [1.54, 1.807) is 6.07 Å². The van der Waals surface area contributed by atoms with Gasteiger partial charge in [-0.2, -0.15) is 0 Å². The predicted molar refractivity (Wildman–Crippen MR) is 91.5 cm³/mol. The van der Waals surface area contributed by atoms with E-state index in [4.69, 9.17) is 0 Å². The number of pyridine rings is 1. The van der Waals surface area contributed by atoms with E-state index in [2.05, 4.69) is 35.2 Å². The van der Waals surface area contributed by atoms with Crippen molar-refractivity contribution in [3.8, 4) is 5.75 Å². The van der Waals surface area contributed by atoms with Gasteiger partial charge in [-0.3, -0.25) is 9.69 Å². The second-order valence-corrected chi connectivity index (χ2v) is 6.53. The number of likely N-dealkylation sites (tertiary alicyclic amines) is 1. The Hall–Kier alpha value is -2.07. The van der Waals surface area contributed by atoms with E-state index in [-0.39, 0.29) is 11.2 Å². The van der Waals surface area contributed by atoms with Gasteiger partial charge in [-0.25, -0.2) is 0 Å². The van der Waals surface area contributed by atoms with Gasteiger partial charge in [-0.1, -0.05) is 30.3 Å². The Morgan fingerprint density at radius 2 is 1.87 bits per heavy atom. The Kier molecular flexibility index (Phi) is 4.82. The van der Waals surface area contributed by atoms with Crippen molar-refractivity contribution in [1.82, 2.24) is 9.47 Å². The van der Waals surface area contributed by atoms with E-state index < -0.39 is 0 Å². The van der Waals surface area contributed by atoms with Gasteiger partial charge in [0.25, 0.3) is 0 Å². The number of nitrogens with zero attached hydrogens (tertiary/aromatic N) is 2. The minimum atomic E-state index is -0.294. The molecule has 1 fully saturated rings. The Balaban J connectivity index is 1.55. The Morgan fingerprint density at radius 3 is 2.57 bits per heavy atom. The molecule has 1 aromatic carbocycles. The topological polar surface area (TPSA) is 45.5 Å². The molecule has 122 valence electrons. The maximum atomic E-state index is 11.6. The van der Waals surface area contributed by atoms with Gasteiger partial charge in [0.15, 0.2) is 5.75 Å². The van der Waals surface area contributed by atoms with Gasteiger partial charge < -0.3 is 9.67 Å². The lowest BCUT2D eigenvalue weighted by molar-refractivity contribution is 0.173. The zero-order valence-electron chi connectivity index (χ0n) is 13.6. The number of aryl methyl sites for hydroxylation is 1. The Labute approximate surface area is 137 Å². The number of hydrogen-bond acceptors (Lipinski definition) is 3. The van der Waals surface area contributed by atoms with Crippen LogP contribution in [0.25, 0.3) is 0 Å². The van der Waals surface area contributed by atoms with Crippen LogP contribution in [0.3, 0.4) is 0 Å². The minimum Gasteiger partial charge on any atom is -0.503 e. The lowest BCUT2D eigenvalue weighted by Crippen LogP contribution is -2.34. The van der Waals surface area contributed by atoms with Gasteiger partial charge >= 0.3 is 0 Å². The van der Waals surface area contributed by atoms with Crippen molar-refractivity contribution in [2.75, 3.05) is 13.1 Å². The first-order chi connectivity index (χ1) is 11.1. The molecule has 0 radical (unpaired) electrons. The maximum absolute atomic E-state index is 11.6. The van der Waals surface area contributed by atoms with Gasteiger partial charge in [0, 0.05) is 31.5 Å². The molecule has 4 heteroatoms. The van der Waals surface area contributed by atoms with Crippen molar-refractivity contribution in [2.24, 2.45) is 13.0 Å². The standard InChI is InChI=1S/C19H24N2O2/c1-20-14-19(23)18(22)12-17(20)13-21-9-7-16(8-10-21)11-15-5-3-2-4-6-15/h2-6,12,14,16,23H,7-11,13H2,1H3. The van der Waals surface area contributed by atoms with Gasteiger partial charge in [-0.05, 0) is 43.8 Å². The molecular formula is C19H24N2O2. The summed E-state index contributed by atoms with van der Waals surface area (Å²) in [5.41, 5.74) is 2.08. The molecule has 1 aromatic heterocycles. The summed E-state index contributed by atoms with van der Waals surface area (Å²) in [6.07, 6.45) is 5.05. The second kappa shape index (κ2) is 7.01. The van der Waals surface area contributed by atoms with Gasteiger partial charge in [0.2, 0.25) is 5.43 Å². The summed E-state index contributed by atoms with van der Waals surface area (Å²) in [6.45, 7) is 2.89. The van der Waals surface area contributed by atoms with Crippen LogP contribution < -0.4 is 5.43 Å².